The molecule has 0 spiro atoms. The number of nitrogens with zero attached hydrogens (tertiary/aromatic N) is 2. The summed E-state index contributed by atoms with van der Waals surface area (Å²) in [5, 5.41) is 0. The number of benzene rings is 2. The Morgan fingerprint density at radius 2 is 1.83 bits per heavy atom. The number of anilines is 1. The van der Waals surface area contributed by atoms with Crippen molar-refractivity contribution in [3.05, 3.63) is 64.7 Å². The van der Waals surface area contributed by atoms with Gasteiger partial charge in [-0.05, 0) is 53.5 Å². The van der Waals surface area contributed by atoms with E-state index >= 15 is 0 Å². The van der Waals surface area contributed by atoms with Crippen molar-refractivity contribution in [3.63, 3.8) is 0 Å². The predicted octanol–water partition coefficient (Wildman–Crippen LogP) is 4.63. The maximum Gasteiger partial charge on any atom is 0.229 e. The molecule has 4 rings (SSSR count). The quantitative estimate of drug-likeness (QED) is 0.767. The minimum Gasteiger partial charge on any atom is -0.335 e. The Bertz CT molecular complexity index is 934. The number of fused-ring (bicyclic) bond motifs is 2. The molecule has 29 heavy (non-hydrogen) atoms. The van der Waals surface area contributed by atoms with Gasteiger partial charge >= 0.3 is 0 Å². The van der Waals surface area contributed by atoms with Crippen molar-refractivity contribution >= 4 is 17.5 Å². The molecule has 2 aliphatic heterocycles. The Hall–Kier alpha value is -2.62. The van der Waals surface area contributed by atoms with Crippen LogP contribution < -0.4 is 4.90 Å². The minimum atomic E-state index is -0.176. The van der Waals surface area contributed by atoms with Crippen LogP contribution in [0.3, 0.4) is 0 Å². The van der Waals surface area contributed by atoms with Crippen LogP contribution in [0, 0.1) is 0 Å². The Balaban J connectivity index is 1.62. The highest BCUT2D eigenvalue weighted by Gasteiger charge is 2.33. The summed E-state index contributed by atoms with van der Waals surface area (Å²) in [6, 6.07) is 14.6. The maximum atomic E-state index is 13.4. The summed E-state index contributed by atoms with van der Waals surface area (Å²) in [7, 11) is 0. The lowest BCUT2D eigenvalue weighted by atomic mass is 9.89. The van der Waals surface area contributed by atoms with Gasteiger partial charge in [0.15, 0.2) is 0 Å². The van der Waals surface area contributed by atoms with Crippen LogP contribution >= 0.6 is 0 Å². The van der Waals surface area contributed by atoms with Crippen molar-refractivity contribution in [3.8, 4) is 0 Å². The molecule has 0 N–H and O–H groups in total. The molecule has 2 amide bonds. The Kier molecular flexibility index (Phi) is 5.44. The van der Waals surface area contributed by atoms with Gasteiger partial charge in [0.1, 0.15) is 0 Å². The molecule has 2 aromatic rings. The molecule has 0 radical (unpaired) electrons. The van der Waals surface area contributed by atoms with E-state index in [4.69, 9.17) is 0 Å². The van der Waals surface area contributed by atoms with Crippen molar-refractivity contribution in [2.75, 3.05) is 18.0 Å². The largest absolute Gasteiger partial charge is 0.335 e. The van der Waals surface area contributed by atoms with Gasteiger partial charge in [-0.25, -0.2) is 0 Å². The van der Waals surface area contributed by atoms with E-state index in [1.165, 1.54) is 16.7 Å². The fraction of sp³-hybridized carbons (Fsp3) is 0.440. The first-order valence-electron chi connectivity index (χ1n) is 10.7. The summed E-state index contributed by atoms with van der Waals surface area (Å²) in [5.41, 5.74) is 6.01. The van der Waals surface area contributed by atoms with Crippen LogP contribution in [0.4, 0.5) is 5.69 Å². The Morgan fingerprint density at radius 3 is 2.59 bits per heavy atom. The fourth-order valence-corrected chi connectivity index (χ4v) is 4.76. The highest BCUT2D eigenvalue weighted by Crippen LogP contribution is 2.35. The van der Waals surface area contributed by atoms with Gasteiger partial charge in [-0.2, -0.15) is 0 Å². The first-order chi connectivity index (χ1) is 14.0. The van der Waals surface area contributed by atoms with Gasteiger partial charge in [-0.3, -0.25) is 9.59 Å². The van der Waals surface area contributed by atoms with E-state index in [9.17, 15) is 9.59 Å². The molecule has 4 heteroatoms. The molecule has 0 bridgehead atoms. The van der Waals surface area contributed by atoms with Gasteiger partial charge < -0.3 is 9.80 Å². The van der Waals surface area contributed by atoms with Crippen LogP contribution in [-0.4, -0.2) is 29.8 Å². The average Bonchev–Trinajstić information content (AvgIpc) is 2.72. The summed E-state index contributed by atoms with van der Waals surface area (Å²) in [6.07, 6.45) is 3.19. The average molecular weight is 391 g/mol. The predicted molar refractivity (Wildman–Crippen MR) is 116 cm³/mol. The summed E-state index contributed by atoms with van der Waals surface area (Å²) in [5.74, 6) is 0.628. The van der Waals surface area contributed by atoms with Gasteiger partial charge in [-0.15, -0.1) is 0 Å². The highest BCUT2D eigenvalue weighted by molar-refractivity contribution is 5.95. The van der Waals surface area contributed by atoms with Crippen molar-refractivity contribution in [2.24, 2.45) is 0 Å². The number of carbonyl (C=O) groups is 2. The molecule has 2 aliphatic rings. The molecule has 1 atom stereocenters. The van der Waals surface area contributed by atoms with E-state index in [-0.39, 0.29) is 17.9 Å². The van der Waals surface area contributed by atoms with E-state index in [0.29, 0.717) is 18.9 Å². The summed E-state index contributed by atoms with van der Waals surface area (Å²) >= 11 is 0. The topological polar surface area (TPSA) is 40.6 Å². The molecule has 0 aliphatic carbocycles. The number of amides is 2. The Labute approximate surface area is 173 Å². The molecule has 2 aromatic carbocycles. The van der Waals surface area contributed by atoms with Crippen molar-refractivity contribution in [1.29, 1.82) is 0 Å². The van der Waals surface area contributed by atoms with E-state index in [0.717, 1.165) is 37.1 Å². The van der Waals surface area contributed by atoms with Gasteiger partial charge in [0.2, 0.25) is 11.8 Å². The van der Waals surface area contributed by atoms with Crippen LogP contribution in [0.2, 0.25) is 0 Å². The molecular formula is C25H30N2O2. The Morgan fingerprint density at radius 1 is 1.03 bits per heavy atom. The van der Waals surface area contributed by atoms with Crippen LogP contribution in [-0.2, 0) is 22.4 Å². The number of aryl methyl sites for hydroxylation is 1. The first kappa shape index (κ1) is 19.7. The number of carbonyl (C=O) groups excluding carboxylic acids is 2. The third-order valence-electron chi connectivity index (χ3n) is 6.37. The standard InChI is InChI=1S/C25H30N2O2/c1-17(2)20-10-11-23-21(15-20)8-6-13-27(23)25(29)16-24-22-9-5-4-7-19(22)12-14-26(24)18(3)28/h4-5,7,9-11,15,17,24H,6,8,12-14,16H2,1-3H3. The summed E-state index contributed by atoms with van der Waals surface area (Å²) in [4.78, 5) is 29.5. The van der Waals surface area contributed by atoms with Gasteiger partial charge in [-0.1, -0.05) is 50.2 Å². The van der Waals surface area contributed by atoms with Gasteiger partial charge in [0, 0.05) is 25.7 Å². The van der Waals surface area contributed by atoms with Crippen molar-refractivity contribution in [1.82, 2.24) is 4.90 Å². The van der Waals surface area contributed by atoms with E-state index in [1.54, 1.807) is 6.92 Å². The number of hydrogen-bond donors (Lipinski definition) is 0. The lowest BCUT2D eigenvalue weighted by molar-refractivity contribution is -0.133. The molecule has 2 heterocycles. The van der Waals surface area contributed by atoms with Crippen molar-refractivity contribution in [2.45, 2.75) is 58.4 Å². The molecule has 152 valence electrons. The zero-order valence-electron chi connectivity index (χ0n) is 17.6. The van der Waals surface area contributed by atoms with Crippen LogP contribution in [0.5, 0.6) is 0 Å². The maximum absolute atomic E-state index is 13.4. The van der Waals surface area contributed by atoms with Crippen molar-refractivity contribution < 1.29 is 9.59 Å². The first-order valence-corrected chi connectivity index (χ1v) is 10.7. The van der Waals surface area contributed by atoms with E-state index < -0.39 is 0 Å². The third kappa shape index (κ3) is 3.81. The summed E-state index contributed by atoms with van der Waals surface area (Å²) < 4.78 is 0. The van der Waals surface area contributed by atoms with Crippen LogP contribution in [0.25, 0.3) is 0 Å². The van der Waals surface area contributed by atoms with Gasteiger partial charge in [0.25, 0.3) is 0 Å². The van der Waals surface area contributed by atoms with Gasteiger partial charge in [0.05, 0.1) is 12.5 Å². The highest BCUT2D eigenvalue weighted by atomic mass is 16.2. The van der Waals surface area contributed by atoms with Crippen LogP contribution in [0.1, 0.15) is 67.8 Å². The zero-order chi connectivity index (χ0) is 20.5. The zero-order valence-corrected chi connectivity index (χ0v) is 17.6. The second-order valence-electron chi connectivity index (χ2n) is 8.57. The molecule has 1 unspecified atom stereocenters. The smallest absolute Gasteiger partial charge is 0.229 e. The molecule has 4 nitrogen and oxygen atoms in total. The molecule has 0 saturated heterocycles. The molecule has 0 saturated carbocycles. The number of rotatable bonds is 3. The molecule has 0 aromatic heterocycles. The van der Waals surface area contributed by atoms with E-state index in [1.807, 2.05) is 21.9 Å². The van der Waals surface area contributed by atoms with E-state index in [2.05, 4.69) is 44.2 Å². The minimum absolute atomic E-state index is 0.0397. The SMILES string of the molecule is CC(=O)N1CCc2ccccc2C1CC(=O)N1CCCc2cc(C(C)C)ccc21. The lowest BCUT2D eigenvalue weighted by Gasteiger charge is -2.38. The lowest BCUT2D eigenvalue weighted by Crippen LogP contribution is -2.43. The second kappa shape index (κ2) is 8.02. The normalized spacial score (nSPS) is 18.4. The summed E-state index contributed by atoms with van der Waals surface area (Å²) in [6.45, 7) is 7.43. The molecular weight excluding hydrogens is 360 g/mol. The second-order valence-corrected chi connectivity index (χ2v) is 8.57. The molecule has 0 fully saturated rings. The number of hydrogen-bond acceptors (Lipinski definition) is 2. The van der Waals surface area contributed by atoms with Crippen LogP contribution in [0.15, 0.2) is 42.5 Å². The third-order valence-corrected chi connectivity index (χ3v) is 6.37. The fourth-order valence-electron chi connectivity index (χ4n) is 4.76. The monoisotopic (exact) mass is 390 g/mol.